The summed E-state index contributed by atoms with van der Waals surface area (Å²) in [5, 5.41) is 6.32. The quantitative estimate of drug-likeness (QED) is 0.718. The molecular formula is C14H28N6O. The van der Waals surface area contributed by atoms with Gasteiger partial charge in [-0.15, -0.1) is 0 Å². The Morgan fingerprint density at radius 2 is 1.81 bits per heavy atom. The summed E-state index contributed by atoms with van der Waals surface area (Å²) in [6.07, 6.45) is 1.04. The molecule has 1 atom stereocenters. The van der Waals surface area contributed by atoms with Crippen molar-refractivity contribution < 1.29 is 4.74 Å². The highest BCUT2D eigenvalue weighted by Gasteiger charge is 2.15. The number of hydrogen-bond donors (Lipinski definition) is 2. The number of ether oxygens (including phenoxy) is 1. The van der Waals surface area contributed by atoms with Crippen molar-refractivity contribution in [2.24, 2.45) is 5.92 Å². The van der Waals surface area contributed by atoms with Crippen molar-refractivity contribution in [2.75, 3.05) is 44.9 Å². The lowest BCUT2D eigenvalue weighted by molar-refractivity contribution is 0.312. The summed E-state index contributed by atoms with van der Waals surface area (Å²) in [5.41, 5.74) is 0. The van der Waals surface area contributed by atoms with Gasteiger partial charge < -0.3 is 20.3 Å². The standard InChI is InChI=1S/C14H28N6O/c1-7-21-14-18-12(15-4)17-13(19-14)16-11(8-10(2)3)9-20(5)6/h10-11H,7-9H2,1-6H3,(H2,15,16,17,18,19). The first-order valence-electron chi connectivity index (χ1n) is 7.42. The van der Waals surface area contributed by atoms with Gasteiger partial charge in [-0.3, -0.25) is 0 Å². The van der Waals surface area contributed by atoms with Crippen molar-refractivity contribution in [2.45, 2.75) is 33.2 Å². The predicted octanol–water partition coefficient (Wildman–Crippen LogP) is 1.70. The predicted molar refractivity (Wildman–Crippen MR) is 86.0 cm³/mol. The molecule has 0 aromatic carbocycles. The molecule has 1 aromatic rings. The maximum absolute atomic E-state index is 5.38. The summed E-state index contributed by atoms with van der Waals surface area (Å²) in [6.45, 7) is 7.77. The number of anilines is 2. The Kier molecular flexibility index (Phi) is 7.14. The van der Waals surface area contributed by atoms with E-state index in [4.69, 9.17) is 4.74 Å². The van der Waals surface area contributed by atoms with E-state index >= 15 is 0 Å². The third kappa shape index (κ3) is 6.57. The number of rotatable bonds is 9. The highest BCUT2D eigenvalue weighted by Crippen LogP contribution is 2.14. The molecule has 1 aromatic heterocycles. The molecule has 0 amide bonds. The molecule has 0 saturated carbocycles. The van der Waals surface area contributed by atoms with Gasteiger partial charge in [0.05, 0.1) is 6.61 Å². The molecular weight excluding hydrogens is 268 g/mol. The Bertz CT molecular complexity index is 414. The van der Waals surface area contributed by atoms with Gasteiger partial charge in [0, 0.05) is 19.6 Å². The normalized spacial score (nSPS) is 12.6. The average Bonchev–Trinajstić information content (AvgIpc) is 2.37. The fourth-order valence-electron chi connectivity index (χ4n) is 2.10. The smallest absolute Gasteiger partial charge is 0.323 e. The van der Waals surface area contributed by atoms with E-state index in [-0.39, 0.29) is 6.04 Å². The zero-order chi connectivity index (χ0) is 15.8. The fraction of sp³-hybridized carbons (Fsp3) is 0.786. The number of nitrogens with zero attached hydrogens (tertiary/aromatic N) is 4. The zero-order valence-electron chi connectivity index (χ0n) is 14.0. The fourth-order valence-corrected chi connectivity index (χ4v) is 2.10. The van der Waals surface area contributed by atoms with E-state index < -0.39 is 0 Å². The van der Waals surface area contributed by atoms with Crippen LogP contribution in [0.1, 0.15) is 27.2 Å². The van der Waals surface area contributed by atoms with Gasteiger partial charge >= 0.3 is 6.01 Å². The van der Waals surface area contributed by atoms with Crippen LogP contribution in [0.3, 0.4) is 0 Å². The minimum atomic E-state index is 0.279. The van der Waals surface area contributed by atoms with Crippen molar-refractivity contribution in [3.8, 4) is 6.01 Å². The van der Waals surface area contributed by atoms with Gasteiger partial charge in [0.25, 0.3) is 0 Å². The van der Waals surface area contributed by atoms with Crippen molar-refractivity contribution in [1.29, 1.82) is 0 Å². The number of likely N-dealkylation sites (N-methyl/N-ethyl adjacent to an activating group) is 1. The molecule has 2 N–H and O–H groups in total. The summed E-state index contributed by atoms with van der Waals surface area (Å²) < 4.78 is 5.38. The van der Waals surface area contributed by atoms with Crippen LogP contribution >= 0.6 is 0 Å². The van der Waals surface area contributed by atoms with Crippen molar-refractivity contribution in [1.82, 2.24) is 19.9 Å². The van der Waals surface area contributed by atoms with Crippen LogP contribution in [0.15, 0.2) is 0 Å². The van der Waals surface area contributed by atoms with E-state index in [1.54, 1.807) is 7.05 Å². The molecule has 0 aliphatic carbocycles. The van der Waals surface area contributed by atoms with Crippen LogP contribution in [-0.4, -0.2) is 60.2 Å². The van der Waals surface area contributed by atoms with E-state index in [9.17, 15) is 0 Å². The maximum atomic E-state index is 5.38. The molecule has 0 aliphatic rings. The van der Waals surface area contributed by atoms with Crippen LogP contribution in [-0.2, 0) is 0 Å². The van der Waals surface area contributed by atoms with Gasteiger partial charge in [0.2, 0.25) is 11.9 Å². The van der Waals surface area contributed by atoms with Gasteiger partial charge in [0.1, 0.15) is 0 Å². The van der Waals surface area contributed by atoms with Crippen LogP contribution in [0.2, 0.25) is 0 Å². The number of nitrogens with one attached hydrogen (secondary N) is 2. The lowest BCUT2D eigenvalue weighted by Crippen LogP contribution is -2.34. The van der Waals surface area contributed by atoms with E-state index in [2.05, 4.69) is 58.4 Å². The molecule has 0 radical (unpaired) electrons. The Hall–Kier alpha value is -1.63. The Balaban J connectivity index is 2.87. The zero-order valence-corrected chi connectivity index (χ0v) is 14.0. The van der Waals surface area contributed by atoms with Gasteiger partial charge in [-0.1, -0.05) is 13.8 Å². The minimum Gasteiger partial charge on any atom is -0.464 e. The number of aromatic nitrogens is 3. The van der Waals surface area contributed by atoms with Crippen LogP contribution in [0, 0.1) is 5.92 Å². The molecule has 0 spiro atoms. The molecule has 120 valence electrons. The molecule has 1 rings (SSSR count). The highest BCUT2D eigenvalue weighted by atomic mass is 16.5. The SMILES string of the molecule is CCOc1nc(NC)nc(NC(CC(C)C)CN(C)C)n1. The van der Waals surface area contributed by atoms with Crippen LogP contribution in [0.25, 0.3) is 0 Å². The van der Waals surface area contributed by atoms with Gasteiger partial charge in [0.15, 0.2) is 0 Å². The molecule has 0 aliphatic heterocycles. The molecule has 1 heterocycles. The first-order chi connectivity index (χ1) is 9.94. The van der Waals surface area contributed by atoms with E-state index in [1.165, 1.54) is 0 Å². The average molecular weight is 296 g/mol. The van der Waals surface area contributed by atoms with Gasteiger partial charge in [-0.25, -0.2) is 0 Å². The van der Waals surface area contributed by atoms with Gasteiger partial charge in [-0.05, 0) is 33.4 Å². The van der Waals surface area contributed by atoms with Crippen molar-refractivity contribution >= 4 is 11.9 Å². The first-order valence-corrected chi connectivity index (χ1v) is 7.42. The largest absolute Gasteiger partial charge is 0.464 e. The van der Waals surface area contributed by atoms with E-state index in [0.717, 1.165) is 13.0 Å². The summed E-state index contributed by atoms with van der Waals surface area (Å²) in [5.74, 6) is 1.65. The lowest BCUT2D eigenvalue weighted by atomic mass is 10.0. The van der Waals surface area contributed by atoms with Gasteiger partial charge in [-0.2, -0.15) is 15.0 Å². The second-order valence-corrected chi connectivity index (χ2v) is 5.68. The Morgan fingerprint density at radius 3 is 2.33 bits per heavy atom. The molecule has 0 bridgehead atoms. The minimum absolute atomic E-state index is 0.279. The third-order valence-corrected chi connectivity index (χ3v) is 2.79. The maximum Gasteiger partial charge on any atom is 0.323 e. The van der Waals surface area contributed by atoms with Crippen molar-refractivity contribution in [3.63, 3.8) is 0 Å². The molecule has 0 fully saturated rings. The number of hydrogen-bond acceptors (Lipinski definition) is 7. The molecule has 7 nitrogen and oxygen atoms in total. The van der Waals surface area contributed by atoms with Crippen LogP contribution < -0.4 is 15.4 Å². The second kappa shape index (κ2) is 8.61. The molecule has 7 heteroatoms. The molecule has 1 unspecified atom stereocenters. The topological polar surface area (TPSA) is 75.2 Å². The summed E-state index contributed by atoms with van der Waals surface area (Å²) in [6, 6.07) is 0.620. The lowest BCUT2D eigenvalue weighted by Gasteiger charge is -2.24. The second-order valence-electron chi connectivity index (χ2n) is 5.68. The summed E-state index contributed by atoms with van der Waals surface area (Å²) in [4.78, 5) is 15.0. The monoisotopic (exact) mass is 296 g/mol. The molecule has 21 heavy (non-hydrogen) atoms. The van der Waals surface area contributed by atoms with Crippen molar-refractivity contribution in [3.05, 3.63) is 0 Å². The summed E-state index contributed by atoms with van der Waals surface area (Å²) >= 11 is 0. The first kappa shape index (κ1) is 17.4. The Morgan fingerprint density at radius 1 is 1.14 bits per heavy atom. The summed E-state index contributed by atoms with van der Waals surface area (Å²) in [7, 11) is 5.90. The highest BCUT2D eigenvalue weighted by molar-refractivity contribution is 5.36. The van der Waals surface area contributed by atoms with Crippen LogP contribution in [0.5, 0.6) is 6.01 Å². The Labute approximate surface area is 127 Å². The molecule has 0 saturated heterocycles. The third-order valence-electron chi connectivity index (χ3n) is 2.79. The van der Waals surface area contributed by atoms with Crippen LogP contribution in [0.4, 0.5) is 11.9 Å². The van der Waals surface area contributed by atoms with E-state index in [0.29, 0.717) is 30.4 Å². The van der Waals surface area contributed by atoms with E-state index in [1.807, 2.05) is 6.92 Å².